The van der Waals surface area contributed by atoms with E-state index in [4.69, 9.17) is 16.9 Å². The fraction of sp³-hybridized carbons (Fsp3) is 0. The molecule has 1 N–H and O–H groups in total. The summed E-state index contributed by atoms with van der Waals surface area (Å²) in [5.74, 6) is -0.789. The normalized spacial score (nSPS) is 10.8. The van der Waals surface area contributed by atoms with E-state index < -0.39 is 15.8 Å². The first-order valence-corrected chi connectivity index (χ1v) is 7.13. The summed E-state index contributed by atoms with van der Waals surface area (Å²) >= 11 is 5.75. The molecule has 0 aliphatic heterocycles. The molecule has 0 atom stereocenters. The van der Waals surface area contributed by atoms with Crippen LogP contribution in [0.2, 0.25) is 5.02 Å². The highest BCUT2D eigenvalue weighted by Crippen LogP contribution is 2.27. The Bertz CT molecular complexity index is 765. The smallest absolute Gasteiger partial charge is 0.263 e. The van der Waals surface area contributed by atoms with Crippen molar-refractivity contribution < 1.29 is 12.8 Å². The lowest BCUT2D eigenvalue weighted by atomic mass is 10.3. The number of nitrogens with zero attached hydrogens (tertiary/aromatic N) is 2. The summed E-state index contributed by atoms with van der Waals surface area (Å²) in [5.41, 5.74) is -0.258. The molecule has 0 fully saturated rings. The van der Waals surface area contributed by atoms with Crippen molar-refractivity contribution in [3.8, 4) is 6.07 Å². The highest BCUT2D eigenvalue weighted by atomic mass is 35.5. The monoisotopic (exact) mass is 311 g/mol. The SMILES string of the molecule is N#Cc1ccc(S(=O)(=O)Nc2c(F)cccc2Cl)cn1. The van der Waals surface area contributed by atoms with E-state index in [1.165, 1.54) is 24.3 Å². The van der Waals surface area contributed by atoms with Crippen LogP contribution in [0, 0.1) is 17.1 Å². The molecule has 0 aliphatic rings. The van der Waals surface area contributed by atoms with Crippen LogP contribution in [-0.2, 0) is 10.0 Å². The van der Waals surface area contributed by atoms with Crippen molar-refractivity contribution in [3.05, 3.63) is 53.1 Å². The highest BCUT2D eigenvalue weighted by molar-refractivity contribution is 7.92. The Balaban J connectivity index is 2.38. The first-order valence-electron chi connectivity index (χ1n) is 5.27. The molecule has 0 bridgehead atoms. The molecule has 20 heavy (non-hydrogen) atoms. The zero-order chi connectivity index (χ0) is 14.8. The number of benzene rings is 1. The summed E-state index contributed by atoms with van der Waals surface area (Å²) in [6.07, 6.45) is 1.01. The number of anilines is 1. The second-order valence-corrected chi connectivity index (χ2v) is 5.78. The van der Waals surface area contributed by atoms with Crippen molar-refractivity contribution in [3.63, 3.8) is 0 Å². The maximum Gasteiger partial charge on any atom is 0.263 e. The topological polar surface area (TPSA) is 82.8 Å². The summed E-state index contributed by atoms with van der Waals surface area (Å²) in [4.78, 5) is 3.44. The number of nitriles is 1. The minimum atomic E-state index is -4.03. The molecule has 2 aromatic rings. The zero-order valence-electron chi connectivity index (χ0n) is 9.84. The Morgan fingerprint density at radius 2 is 2.05 bits per heavy atom. The van der Waals surface area contributed by atoms with Crippen molar-refractivity contribution >= 4 is 27.3 Å². The molecule has 2 rings (SSSR count). The molecule has 0 radical (unpaired) electrons. The number of aromatic nitrogens is 1. The van der Waals surface area contributed by atoms with Gasteiger partial charge in [0.2, 0.25) is 0 Å². The number of halogens is 2. The van der Waals surface area contributed by atoms with Gasteiger partial charge in [-0.2, -0.15) is 5.26 Å². The van der Waals surface area contributed by atoms with Crippen molar-refractivity contribution in [1.82, 2.24) is 4.98 Å². The van der Waals surface area contributed by atoms with Gasteiger partial charge in [0.25, 0.3) is 10.0 Å². The molecule has 0 unspecified atom stereocenters. The lowest BCUT2D eigenvalue weighted by Gasteiger charge is -2.10. The number of pyridine rings is 1. The van der Waals surface area contributed by atoms with Gasteiger partial charge in [-0.3, -0.25) is 4.72 Å². The third-order valence-corrected chi connectivity index (χ3v) is 4.01. The fourth-order valence-electron chi connectivity index (χ4n) is 1.39. The van der Waals surface area contributed by atoms with E-state index >= 15 is 0 Å². The molecule has 0 amide bonds. The van der Waals surface area contributed by atoms with Gasteiger partial charge in [-0.25, -0.2) is 17.8 Å². The second-order valence-electron chi connectivity index (χ2n) is 3.69. The lowest BCUT2D eigenvalue weighted by Crippen LogP contribution is -2.14. The minimum absolute atomic E-state index is 0.0600. The Kier molecular flexibility index (Phi) is 3.88. The van der Waals surface area contributed by atoms with Gasteiger partial charge in [0.05, 0.1) is 5.02 Å². The highest BCUT2D eigenvalue weighted by Gasteiger charge is 2.18. The number of sulfonamides is 1. The number of nitrogens with one attached hydrogen (secondary N) is 1. The van der Waals surface area contributed by atoms with E-state index in [1.807, 2.05) is 0 Å². The second kappa shape index (κ2) is 5.45. The summed E-state index contributed by atoms with van der Waals surface area (Å²) < 4.78 is 39.7. The summed E-state index contributed by atoms with van der Waals surface area (Å²) in [6, 6.07) is 8.02. The van der Waals surface area contributed by atoms with E-state index in [0.717, 1.165) is 12.3 Å². The van der Waals surface area contributed by atoms with E-state index in [9.17, 15) is 12.8 Å². The van der Waals surface area contributed by atoms with Crippen LogP contribution in [0.1, 0.15) is 5.69 Å². The van der Waals surface area contributed by atoms with Crippen LogP contribution in [0.4, 0.5) is 10.1 Å². The lowest BCUT2D eigenvalue weighted by molar-refractivity contribution is 0.598. The summed E-state index contributed by atoms with van der Waals surface area (Å²) in [5, 5.41) is 8.53. The number of rotatable bonds is 3. The largest absolute Gasteiger partial charge is 0.275 e. The third kappa shape index (κ3) is 2.87. The maximum atomic E-state index is 13.5. The molecule has 0 saturated carbocycles. The molecule has 1 heterocycles. The molecule has 0 spiro atoms. The molecule has 1 aromatic heterocycles. The van der Waals surface area contributed by atoms with Crippen molar-refractivity contribution in [2.45, 2.75) is 4.90 Å². The predicted molar refractivity (Wildman–Crippen MR) is 71.2 cm³/mol. The number of para-hydroxylation sites is 1. The first-order chi connectivity index (χ1) is 9.44. The Hall–Kier alpha value is -2.17. The van der Waals surface area contributed by atoms with Gasteiger partial charge in [0.15, 0.2) is 0 Å². The third-order valence-electron chi connectivity index (χ3n) is 2.36. The maximum absolute atomic E-state index is 13.5. The molecule has 8 heteroatoms. The molecule has 0 aliphatic carbocycles. The average Bonchev–Trinajstić information content (AvgIpc) is 2.43. The Labute approximate surface area is 119 Å². The Morgan fingerprint density at radius 1 is 1.30 bits per heavy atom. The van der Waals surface area contributed by atoms with E-state index in [0.29, 0.717) is 0 Å². The van der Waals surface area contributed by atoms with Gasteiger partial charge in [0.1, 0.15) is 28.2 Å². The van der Waals surface area contributed by atoms with Gasteiger partial charge >= 0.3 is 0 Å². The number of hydrogen-bond donors (Lipinski definition) is 1. The van der Waals surface area contributed by atoms with E-state index in [1.54, 1.807) is 6.07 Å². The standard InChI is InChI=1S/C12H7ClFN3O2S/c13-10-2-1-3-11(14)12(10)17-20(18,19)9-5-4-8(6-15)16-7-9/h1-5,7,17H. The van der Waals surface area contributed by atoms with Crippen molar-refractivity contribution in [2.24, 2.45) is 0 Å². The fourth-order valence-corrected chi connectivity index (χ4v) is 2.69. The van der Waals surface area contributed by atoms with Gasteiger partial charge in [0, 0.05) is 6.20 Å². The van der Waals surface area contributed by atoms with E-state index in [2.05, 4.69) is 9.71 Å². The average molecular weight is 312 g/mol. The van der Waals surface area contributed by atoms with E-state index in [-0.39, 0.29) is 21.3 Å². The molecular weight excluding hydrogens is 305 g/mol. The van der Waals surface area contributed by atoms with Crippen LogP contribution in [0.5, 0.6) is 0 Å². The van der Waals surface area contributed by atoms with Crippen molar-refractivity contribution in [2.75, 3.05) is 4.72 Å². The number of hydrogen-bond acceptors (Lipinski definition) is 4. The van der Waals surface area contributed by atoms with Crippen LogP contribution >= 0.6 is 11.6 Å². The Morgan fingerprint density at radius 3 is 2.60 bits per heavy atom. The van der Waals surface area contributed by atoms with Crippen LogP contribution in [0.15, 0.2) is 41.4 Å². The molecule has 1 aromatic carbocycles. The molecule has 0 saturated heterocycles. The van der Waals surface area contributed by atoms with Crippen LogP contribution < -0.4 is 4.72 Å². The first kappa shape index (κ1) is 14.2. The van der Waals surface area contributed by atoms with Crippen LogP contribution in [0.3, 0.4) is 0 Å². The summed E-state index contributed by atoms with van der Waals surface area (Å²) in [6.45, 7) is 0. The quantitative estimate of drug-likeness (QED) is 0.944. The molecular formula is C12H7ClFN3O2S. The molecule has 5 nitrogen and oxygen atoms in total. The predicted octanol–water partition coefficient (Wildman–Crippen LogP) is 2.55. The van der Waals surface area contributed by atoms with Crippen LogP contribution in [-0.4, -0.2) is 13.4 Å². The van der Waals surface area contributed by atoms with Gasteiger partial charge in [-0.15, -0.1) is 0 Å². The van der Waals surface area contributed by atoms with Gasteiger partial charge in [-0.1, -0.05) is 17.7 Å². The minimum Gasteiger partial charge on any atom is -0.275 e. The molecule has 102 valence electrons. The zero-order valence-corrected chi connectivity index (χ0v) is 11.4. The summed E-state index contributed by atoms with van der Waals surface area (Å²) in [7, 11) is -4.03. The van der Waals surface area contributed by atoms with Crippen LogP contribution in [0.25, 0.3) is 0 Å². The van der Waals surface area contributed by atoms with Crippen molar-refractivity contribution in [1.29, 1.82) is 5.26 Å². The van der Waals surface area contributed by atoms with Gasteiger partial charge < -0.3 is 0 Å². The van der Waals surface area contributed by atoms with Gasteiger partial charge in [-0.05, 0) is 24.3 Å².